The van der Waals surface area contributed by atoms with Gasteiger partial charge in [-0.3, -0.25) is 19.3 Å². The van der Waals surface area contributed by atoms with E-state index in [1.54, 1.807) is 0 Å². The van der Waals surface area contributed by atoms with Crippen LogP contribution in [-0.2, 0) is 14.4 Å². The number of hydrogen-bond donors (Lipinski definition) is 2. The van der Waals surface area contributed by atoms with E-state index in [9.17, 15) is 28.0 Å². The molecule has 0 bridgehead atoms. The van der Waals surface area contributed by atoms with Gasteiger partial charge in [0.15, 0.2) is 11.6 Å². The number of aromatic carboxylic acids is 1. The molecule has 2 N–H and O–H groups in total. The lowest BCUT2D eigenvalue weighted by Gasteiger charge is -2.24. The van der Waals surface area contributed by atoms with E-state index in [0.29, 0.717) is 0 Å². The van der Waals surface area contributed by atoms with E-state index in [1.807, 2.05) is 5.32 Å². The zero-order valence-corrected chi connectivity index (χ0v) is 20.1. The van der Waals surface area contributed by atoms with Gasteiger partial charge < -0.3 is 20.1 Å². The average Bonchev–Trinajstić information content (AvgIpc) is 3.11. The molecule has 2 aliphatic rings. The number of carboxylic acid groups (broad SMARTS) is 1. The number of hydroxylamine groups is 2. The fourth-order valence-electron chi connectivity index (χ4n) is 4.07. The van der Waals surface area contributed by atoms with Crippen LogP contribution in [-0.4, -0.2) is 85.9 Å². The summed E-state index contributed by atoms with van der Waals surface area (Å²) < 4.78 is 59.9. The first-order chi connectivity index (χ1) is 18.5. The second kappa shape index (κ2) is 11.6. The normalized spacial score (nSPS) is 17.7. The number of carbonyl (C=O) groups excluding carboxylic acids is 3. The number of halogens is 4. The van der Waals surface area contributed by atoms with Gasteiger partial charge in [0.05, 0.1) is 37.5 Å². The Morgan fingerprint density at radius 2 is 1.67 bits per heavy atom. The summed E-state index contributed by atoms with van der Waals surface area (Å²) in [4.78, 5) is 54.7. The van der Waals surface area contributed by atoms with Crippen molar-refractivity contribution in [3.05, 3.63) is 59.2 Å². The van der Waals surface area contributed by atoms with Crippen molar-refractivity contribution in [2.45, 2.75) is 12.5 Å². The Kier molecular flexibility index (Phi) is 8.18. The van der Waals surface area contributed by atoms with Crippen LogP contribution in [0.3, 0.4) is 0 Å². The number of carboxylic acids is 1. The maximum absolute atomic E-state index is 15.1. The molecule has 11 nitrogen and oxygen atoms in total. The summed E-state index contributed by atoms with van der Waals surface area (Å²) in [5.74, 6) is -5.25. The third-order valence-corrected chi connectivity index (χ3v) is 5.99. The maximum Gasteiger partial charge on any atom is 0.414 e. The average molecular weight is 554 g/mol. The topological polar surface area (TPSA) is 129 Å². The molecule has 0 spiro atoms. The molecule has 2 aromatic rings. The third-order valence-electron chi connectivity index (χ3n) is 5.99. The van der Waals surface area contributed by atoms with Crippen LogP contribution in [0.2, 0.25) is 0 Å². The number of carbonyl (C=O) groups is 4. The van der Waals surface area contributed by atoms with E-state index in [0.717, 1.165) is 22.1 Å². The van der Waals surface area contributed by atoms with Crippen LogP contribution < -0.4 is 15.1 Å². The van der Waals surface area contributed by atoms with Crippen molar-refractivity contribution in [2.24, 2.45) is 0 Å². The Morgan fingerprint density at radius 3 is 2.28 bits per heavy atom. The summed E-state index contributed by atoms with van der Waals surface area (Å²) >= 11 is 0. The van der Waals surface area contributed by atoms with E-state index >= 15 is 8.78 Å². The molecular formula is C24H22F4N4O7. The Labute approximate surface area is 218 Å². The van der Waals surface area contributed by atoms with Crippen LogP contribution in [0, 0.1) is 11.6 Å². The van der Waals surface area contributed by atoms with Crippen molar-refractivity contribution < 1.29 is 51.4 Å². The molecule has 1 unspecified atom stereocenters. The van der Waals surface area contributed by atoms with E-state index in [-0.39, 0.29) is 49.6 Å². The predicted molar refractivity (Wildman–Crippen MR) is 126 cm³/mol. The fraction of sp³-hybridized carbons (Fsp3) is 0.333. The first-order valence-electron chi connectivity index (χ1n) is 11.6. The number of hydrogen-bond acceptors (Lipinski definition) is 7. The van der Waals surface area contributed by atoms with Gasteiger partial charge in [-0.05, 0) is 24.3 Å². The van der Waals surface area contributed by atoms with Crippen LogP contribution in [0.15, 0.2) is 36.4 Å². The number of ether oxygens (including phenoxy) is 1. The highest BCUT2D eigenvalue weighted by molar-refractivity contribution is 5.95. The molecule has 15 heteroatoms. The molecule has 4 rings (SSSR count). The molecule has 0 aromatic heterocycles. The SMILES string of the molecule is O=C(O)c1ccc(C(=O)N2CCN(c3c(F)cc(N4CC(CNC(=O)C(F)F)OC4=O)cc3F)CCO2)cc1. The number of benzene rings is 2. The Bertz CT molecular complexity index is 1250. The van der Waals surface area contributed by atoms with E-state index < -0.39 is 60.3 Å². The molecule has 2 saturated heterocycles. The van der Waals surface area contributed by atoms with Gasteiger partial charge in [-0.2, -0.15) is 8.78 Å². The molecule has 2 heterocycles. The van der Waals surface area contributed by atoms with Crippen molar-refractivity contribution in [3.63, 3.8) is 0 Å². The summed E-state index contributed by atoms with van der Waals surface area (Å²) in [6.45, 7) is -0.783. The number of alkyl halides is 2. The van der Waals surface area contributed by atoms with Crippen LogP contribution in [0.5, 0.6) is 0 Å². The van der Waals surface area contributed by atoms with Gasteiger partial charge in [-0.1, -0.05) is 0 Å². The number of nitrogens with one attached hydrogen (secondary N) is 1. The van der Waals surface area contributed by atoms with Crippen LogP contribution >= 0.6 is 0 Å². The molecule has 0 saturated carbocycles. The quantitative estimate of drug-likeness (QED) is 0.499. The minimum absolute atomic E-state index is 0.000118. The van der Waals surface area contributed by atoms with E-state index in [2.05, 4.69) is 0 Å². The van der Waals surface area contributed by atoms with E-state index in [1.165, 1.54) is 29.2 Å². The number of nitrogens with zero attached hydrogens (tertiary/aromatic N) is 3. The molecule has 0 aliphatic carbocycles. The molecule has 2 fully saturated rings. The van der Waals surface area contributed by atoms with Gasteiger partial charge >= 0.3 is 18.5 Å². The first-order valence-corrected chi connectivity index (χ1v) is 11.6. The Hall–Kier alpha value is -4.40. The standard InChI is InChI=1S/C24H22F4N4O7/c25-17-9-15(31-12-16(39-24(31)37)11-29-21(33)20(27)28)10-18(26)19(17)30-5-6-32(38-8-7-30)22(34)13-1-3-14(4-2-13)23(35)36/h1-4,9-10,16,20H,5-8,11-12H2,(H,29,33)(H,35,36). The second-order valence-electron chi connectivity index (χ2n) is 8.53. The molecule has 39 heavy (non-hydrogen) atoms. The highest BCUT2D eigenvalue weighted by Crippen LogP contribution is 2.31. The number of rotatable bonds is 7. The smallest absolute Gasteiger partial charge is 0.414 e. The zero-order chi connectivity index (χ0) is 28.3. The fourth-order valence-corrected chi connectivity index (χ4v) is 4.07. The van der Waals surface area contributed by atoms with Crippen LogP contribution in [0.4, 0.5) is 33.7 Å². The van der Waals surface area contributed by atoms with E-state index in [4.69, 9.17) is 14.7 Å². The predicted octanol–water partition coefficient (Wildman–Crippen LogP) is 2.26. The summed E-state index contributed by atoms with van der Waals surface area (Å²) in [6.07, 6.45) is -5.21. The van der Waals surface area contributed by atoms with Crippen molar-refractivity contribution in [2.75, 3.05) is 49.1 Å². The molecule has 2 aromatic carbocycles. The summed E-state index contributed by atoms with van der Waals surface area (Å²) in [5.41, 5.74) is -0.412. The molecule has 2 aliphatic heterocycles. The minimum atomic E-state index is -3.24. The van der Waals surface area contributed by atoms with Gasteiger partial charge in [0.2, 0.25) is 0 Å². The zero-order valence-electron chi connectivity index (χ0n) is 20.1. The third kappa shape index (κ3) is 6.19. The monoisotopic (exact) mass is 554 g/mol. The van der Waals surface area contributed by atoms with Crippen molar-refractivity contribution in [1.82, 2.24) is 10.4 Å². The van der Waals surface area contributed by atoms with Gasteiger partial charge in [-0.25, -0.2) is 23.4 Å². The molecule has 208 valence electrons. The van der Waals surface area contributed by atoms with Gasteiger partial charge in [0.1, 0.15) is 11.8 Å². The summed E-state index contributed by atoms with van der Waals surface area (Å²) in [7, 11) is 0. The number of cyclic esters (lactones) is 1. The highest BCUT2D eigenvalue weighted by Gasteiger charge is 2.34. The molecule has 3 amide bonds. The summed E-state index contributed by atoms with van der Waals surface area (Å²) in [5, 5.41) is 11.9. The van der Waals surface area contributed by atoms with Crippen LogP contribution in [0.25, 0.3) is 0 Å². The maximum atomic E-state index is 15.1. The van der Waals surface area contributed by atoms with Crippen molar-refractivity contribution in [3.8, 4) is 0 Å². The lowest BCUT2D eigenvalue weighted by atomic mass is 10.1. The Morgan fingerprint density at radius 1 is 1.03 bits per heavy atom. The lowest BCUT2D eigenvalue weighted by Crippen LogP contribution is -2.37. The summed E-state index contributed by atoms with van der Waals surface area (Å²) in [6, 6.07) is 7.03. The van der Waals surface area contributed by atoms with Gasteiger partial charge in [0, 0.05) is 30.8 Å². The van der Waals surface area contributed by atoms with Gasteiger partial charge in [-0.15, -0.1) is 0 Å². The van der Waals surface area contributed by atoms with Crippen molar-refractivity contribution in [1.29, 1.82) is 0 Å². The Balaban J connectivity index is 1.42. The minimum Gasteiger partial charge on any atom is -0.478 e. The first kappa shape index (κ1) is 27.6. The highest BCUT2D eigenvalue weighted by atomic mass is 19.3. The largest absolute Gasteiger partial charge is 0.478 e. The van der Waals surface area contributed by atoms with Gasteiger partial charge in [0.25, 0.3) is 11.8 Å². The molecule has 1 atom stereocenters. The number of anilines is 2. The van der Waals surface area contributed by atoms with Crippen molar-refractivity contribution >= 4 is 35.3 Å². The second-order valence-corrected chi connectivity index (χ2v) is 8.53. The molecular weight excluding hydrogens is 532 g/mol. The lowest BCUT2D eigenvalue weighted by molar-refractivity contribution is -0.132. The number of amides is 3. The molecule has 0 radical (unpaired) electrons. The van der Waals surface area contributed by atoms with Crippen LogP contribution in [0.1, 0.15) is 20.7 Å².